The maximum Gasteiger partial charge on any atom is 0.478 e. The monoisotopic (exact) mass is 347 g/mol. The molecule has 1 rings (SSSR count). The number of carbonyl (C=O) groups is 2. The molecule has 134 valence electrons. The standard InChI is InChI=1S/C16H21F3N2O3/c1-3-13(22)21-15(16(17,18)19,14(23)24-4-2)20-11-10-12-8-6-5-7-9-12/h5-9,20H,3-4,10-11H2,1-2H3,(H,21,22)/p+1/t15-/m0/s1. The fourth-order valence-corrected chi connectivity index (χ4v) is 2.14. The number of rotatable bonds is 8. The first kappa shape index (κ1) is 20.0. The van der Waals surface area contributed by atoms with Gasteiger partial charge >= 0.3 is 17.8 Å². The number of quaternary nitrogens is 1. The average molecular weight is 347 g/mol. The van der Waals surface area contributed by atoms with Gasteiger partial charge in [-0.15, -0.1) is 0 Å². The number of hydrogen-bond acceptors (Lipinski definition) is 3. The molecule has 0 aliphatic rings. The Kier molecular flexibility index (Phi) is 7.21. The minimum absolute atomic E-state index is 0.0493. The molecule has 0 bridgehead atoms. The van der Waals surface area contributed by atoms with Crippen LogP contribution in [0.15, 0.2) is 30.3 Å². The van der Waals surface area contributed by atoms with Gasteiger partial charge in [0.05, 0.1) is 13.2 Å². The molecule has 0 fully saturated rings. The van der Waals surface area contributed by atoms with Crippen molar-refractivity contribution in [3.63, 3.8) is 0 Å². The molecule has 0 spiro atoms. The Morgan fingerprint density at radius 3 is 2.29 bits per heavy atom. The van der Waals surface area contributed by atoms with E-state index in [0.717, 1.165) is 10.9 Å². The van der Waals surface area contributed by atoms with Crippen molar-refractivity contribution in [3.05, 3.63) is 35.9 Å². The Bertz CT molecular complexity index is 549. The van der Waals surface area contributed by atoms with Gasteiger partial charge in [-0.25, -0.2) is 4.79 Å². The van der Waals surface area contributed by atoms with E-state index in [1.807, 2.05) is 0 Å². The second-order valence-corrected chi connectivity index (χ2v) is 5.16. The Labute approximate surface area is 138 Å². The topological polar surface area (TPSA) is 72.0 Å². The van der Waals surface area contributed by atoms with Crippen molar-refractivity contribution >= 4 is 11.9 Å². The molecule has 1 aromatic carbocycles. The predicted molar refractivity (Wildman–Crippen MR) is 80.8 cm³/mol. The molecule has 0 radical (unpaired) electrons. The summed E-state index contributed by atoms with van der Waals surface area (Å²) in [5.74, 6) is -2.40. The minimum atomic E-state index is -5.00. The van der Waals surface area contributed by atoms with E-state index in [1.54, 1.807) is 35.6 Å². The summed E-state index contributed by atoms with van der Waals surface area (Å²) < 4.78 is 45.5. The summed E-state index contributed by atoms with van der Waals surface area (Å²) in [4.78, 5) is 23.6. The summed E-state index contributed by atoms with van der Waals surface area (Å²) in [6.45, 7) is 2.55. The van der Waals surface area contributed by atoms with E-state index in [9.17, 15) is 22.8 Å². The van der Waals surface area contributed by atoms with E-state index >= 15 is 0 Å². The maximum atomic E-state index is 13.6. The van der Waals surface area contributed by atoms with Crippen LogP contribution in [0.2, 0.25) is 0 Å². The third kappa shape index (κ3) is 4.95. The highest BCUT2D eigenvalue weighted by molar-refractivity contribution is 5.87. The zero-order chi connectivity index (χ0) is 18.2. The number of ether oxygens (including phenoxy) is 1. The Morgan fingerprint density at radius 1 is 1.17 bits per heavy atom. The zero-order valence-corrected chi connectivity index (χ0v) is 13.7. The SMILES string of the molecule is CCOC(=O)[C@@](NC(=O)CC)([NH2+]CCc1ccccc1)C(F)(F)F. The molecule has 0 aromatic heterocycles. The normalized spacial score (nSPS) is 13.9. The third-order valence-corrected chi connectivity index (χ3v) is 3.43. The van der Waals surface area contributed by atoms with Crippen molar-refractivity contribution in [1.82, 2.24) is 5.32 Å². The molecule has 1 aromatic rings. The highest BCUT2D eigenvalue weighted by atomic mass is 19.4. The van der Waals surface area contributed by atoms with Gasteiger partial charge in [-0.1, -0.05) is 37.3 Å². The number of nitrogens with one attached hydrogen (secondary N) is 1. The molecule has 0 aliphatic carbocycles. The van der Waals surface area contributed by atoms with Gasteiger partial charge in [0, 0.05) is 12.8 Å². The van der Waals surface area contributed by atoms with Crippen LogP contribution in [0.25, 0.3) is 0 Å². The molecule has 0 saturated carbocycles. The highest BCUT2D eigenvalue weighted by Gasteiger charge is 2.67. The van der Waals surface area contributed by atoms with Gasteiger partial charge in [-0.2, -0.15) is 13.2 Å². The Morgan fingerprint density at radius 2 is 1.79 bits per heavy atom. The van der Waals surface area contributed by atoms with Gasteiger partial charge in [-0.3, -0.25) is 10.1 Å². The van der Waals surface area contributed by atoms with Crippen LogP contribution in [-0.4, -0.2) is 36.9 Å². The smallest absolute Gasteiger partial charge is 0.460 e. The molecule has 1 atom stereocenters. The quantitative estimate of drug-likeness (QED) is 0.547. The minimum Gasteiger partial charge on any atom is -0.460 e. The lowest BCUT2D eigenvalue weighted by atomic mass is 10.1. The van der Waals surface area contributed by atoms with Crippen LogP contribution in [0.1, 0.15) is 25.8 Å². The maximum absolute atomic E-state index is 13.6. The summed E-state index contributed by atoms with van der Waals surface area (Å²) in [6.07, 6.45) is -4.87. The Balaban J connectivity index is 3.00. The molecule has 5 nitrogen and oxygen atoms in total. The Hall–Kier alpha value is -2.09. The van der Waals surface area contributed by atoms with Gasteiger partial charge < -0.3 is 10.1 Å². The fourth-order valence-electron chi connectivity index (χ4n) is 2.14. The van der Waals surface area contributed by atoms with Crippen LogP contribution >= 0.6 is 0 Å². The number of benzene rings is 1. The summed E-state index contributed by atoms with van der Waals surface area (Å²) in [5, 5.41) is 2.58. The van der Waals surface area contributed by atoms with E-state index in [0.29, 0.717) is 6.42 Å². The van der Waals surface area contributed by atoms with E-state index in [2.05, 4.69) is 4.74 Å². The molecule has 0 saturated heterocycles. The predicted octanol–water partition coefficient (Wildman–Crippen LogP) is 1.14. The van der Waals surface area contributed by atoms with Crippen molar-refractivity contribution in [1.29, 1.82) is 0 Å². The van der Waals surface area contributed by atoms with E-state index in [4.69, 9.17) is 0 Å². The number of hydrogen-bond donors (Lipinski definition) is 2. The van der Waals surface area contributed by atoms with Gasteiger partial charge in [0.25, 0.3) is 0 Å². The first-order valence-electron chi connectivity index (χ1n) is 7.70. The number of esters is 1. The van der Waals surface area contributed by atoms with Crippen LogP contribution in [0.5, 0.6) is 0 Å². The lowest BCUT2D eigenvalue weighted by Gasteiger charge is -2.31. The van der Waals surface area contributed by atoms with Crippen molar-refractivity contribution in [2.75, 3.05) is 13.2 Å². The molecule has 24 heavy (non-hydrogen) atoms. The molecule has 8 heteroatoms. The zero-order valence-electron chi connectivity index (χ0n) is 13.7. The average Bonchev–Trinajstić information content (AvgIpc) is 2.53. The summed E-state index contributed by atoms with van der Waals surface area (Å²) in [6, 6.07) is 8.90. The van der Waals surface area contributed by atoms with E-state index < -0.39 is 23.7 Å². The molecule has 0 unspecified atom stereocenters. The summed E-state index contributed by atoms with van der Waals surface area (Å²) in [5.41, 5.74) is -2.30. The first-order chi connectivity index (χ1) is 11.3. The highest BCUT2D eigenvalue weighted by Crippen LogP contribution is 2.26. The van der Waals surface area contributed by atoms with E-state index in [-0.39, 0.29) is 19.6 Å². The largest absolute Gasteiger partial charge is 0.478 e. The van der Waals surface area contributed by atoms with Gasteiger partial charge in [-0.05, 0) is 12.5 Å². The lowest BCUT2D eigenvalue weighted by molar-refractivity contribution is -0.743. The summed E-state index contributed by atoms with van der Waals surface area (Å²) in [7, 11) is 0. The van der Waals surface area contributed by atoms with Crippen LogP contribution < -0.4 is 10.6 Å². The summed E-state index contributed by atoms with van der Waals surface area (Å²) >= 11 is 0. The van der Waals surface area contributed by atoms with Crippen LogP contribution in [0.3, 0.4) is 0 Å². The molecular formula is C16H22F3N2O3+. The second-order valence-electron chi connectivity index (χ2n) is 5.16. The number of alkyl halides is 3. The number of carbonyl (C=O) groups excluding carboxylic acids is 2. The van der Waals surface area contributed by atoms with Crippen molar-refractivity contribution < 1.29 is 32.8 Å². The molecule has 1 amide bonds. The molecule has 3 N–H and O–H groups in total. The van der Waals surface area contributed by atoms with Gasteiger partial charge in [0.15, 0.2) is 0 Å². The van der Waals surface area contributed by atoms with Crippen molar-refractivity contribution in [2.24, 2.45) is 0 Å². The van der Waals surface area contributed by atoms with Crippen LogP contribution in [-0.2, 0) is 20.7 Å². The van der Waals surface area contributed by atoms with Gasteiger partial charge in [0.1, 0.15) is 0 Å². The number of nitrogens with two attached hydrogens (primary N) is 1. The van der Waals surface area contributed by atoms with Gasteiger partial charge in [0.2, 0.25) is 5.91 Å². The van der Waals surface area contributed by atoms with Crippen LogP contribution in [0, 0.1) is 0 Å². The first-order valence-corrected chi connectivity index (χ1v) is 7.70. The van der Waals surface area contributed by atoms with Crippen molar-refractivity contribution in [2.45, 2.75) is 38.5 Å². The number of halogens is 3. The molecule has 0 aliphatic heterocycles. The van der Waals surface area contributed by atoms with Crippen molar-refractivity contribution in [3.8, 4) is 0 Å². The number of amides is 1. The molecular weight excluding hydrogens is 325 g/mol. The molecule has 0 heterocycles. The van der Waals surface area contributed by atoms with Crippen LogP contribution in [0.4, 0.5) is 13.2 Å². The lowest BCUT2D eigenvalue weighted by Crippen LogP contribution is -3.07. The fraction of sp³-hybridized carbons (Fsp3) is 0.500. The second kappa shape index (κ2) is 8.68. The van der Waals surface area contributed by atoms with E-state index in [1.165, 1.54) is 13.8 Å². The third-order valence-electron chi connectivity index (χ3n) is 3.43.